The third kappa shape index (κ3) is 3.95. The van der Waals surface area contributed by atoms with Gasteiger partial charge in [-0.3, -0.25) is 4.79 Å². The number of carbonyl (C=O) groups excluding carboxylic acids is 1. The molecular formula is C16H14ClF2NO2. The maximum atomic E-state index is 13.7. The Hall–Kier alpha value is -2.14. The molecule has 3 nitrogen and oxygen atoms in total. The van der Waals surface area contributed by atoms with Gasteiger partial charge in [0, 0.05) is 7.05 Å². The number of likely N-dealkylation sites (N-methyl/N-ethyl adjacent to an activating group) is 1. The fourth-order valence-corrected chi connectivity index (χ4v) is 2.07. The van der Waals surface area contributed by atoms with E-state index in [1.807, 2.05) is 0 Å². The van der Waals surface area contributed by atoms with E-state index in [2.05, 4.69) is 0 Å². The number of hydrogen-bond acceptors (Lipinski definition) is 2. The van der Waals surface area contributed by atoms with Gasteiger partial charge in [0.15, 0.2) is 0 Å². The quantitative estimate of drug-likeness (QED) is 0.837. The second-order valence-electron chi connectivity index (χ2n) is 4.63. The van der Waals surface area contributed by atoms with Gasteiger partial charge >= 0.3 is 0 Å². The minimum Gasteiger partial charge on any atom is -0.492 e. The lowest BCUT2D eigenvalue weighted by atomic mass is 10.2. The Balaban J connectivity index is 1.93. The van der Waals surface area contributed by atoms with E-state index in [1.54, 1.807) is 0 Å². The van der Waals surface area contributed by atoms with Crippen molar-refractivity contribution in [2.45, 2.75) is 0 Å². The van der Waals surface area contributed by atoms with Crippen LogP contribution in [-0.4, -0.2) is 31.0 Å². The van der Waals surface area contributed by atoms with Crippen molar-refractivity contribution < 1.29 is 18.3 Å². The lowest BCUT2D eigenvalue weighted by molar-refractivity contribution is 0.0769. The predicted octanol–water partition coefficient (Wildman–Crippen LogP) is 3.77. The van der Waals surface area contributed by atoms with Crippen LogP contribution in [-0.2, 0) is 0 Å². The van der Waals surface area contributed by atoms with Gasteiger partial charge in [0.2, 0.25) is 0 Å². The van der Waals surface area contributed by atoms with Crippen LogP contribution in [0.3, 0.4) is 0 Å². The summed E-state index contributed by atoms with van der Waals surface area (Å²) in [4.78, 5) is 13.5. The summed E-state index contributed by atoms with van der Waals surface area (Å²) < 4.78 is 31.8. The van der Waals surface area contributed by atoms with Gasteiger partial charge in [-0.25, -0.2) is 8.78 Å². The molecule has 0 heterocycles. The SMILES string of the molecule is CN(CCOc1ccc(F)cc1)C(=O)c1c(F)cccc1Cl. The lowest BCUT2D eigenvalue weighted by Crippen LogP contribution is -2.31. The number of benzene rings is 2. The van der Waals surface area contributed by atoms with Crippen LogP contribution in [0.4, 0.5) is 8.78 Å². The van der Waals surface area contributed by atoms with Crippen LogP contribution in [0, 0.1) is 11.6 Å². The lowest BCUT2D eigenvalue weighted by Gasteiger charge is -2.18. The van der Waals surface area contributed by atoms with E-state index in [0.717, 1.165) is 0 Å². The van der Waals surface area contributed by atoms with E-state index in [9.17, 15) is 13.6 Å². The molecule has 0 saturated heterocycles. The standard InChI is InChI=1S/C16H14ClF2NO2/c1-20(9-10-22-12-7-5-11(18)6-8-12)16(21)15-13(17)3-2-4-14(15)19/h2-8H,9-10H2,1H3. The maximum Gasteiger partial charge on any atom is 0.258 e. The highest BCUT2D eigenvalue weighted by atomic mass is 35.5. The summed E-state index contributed by atoms with van der Waals surface area (Å²) in [7, 11) is 1.53. The molecule has 0 saturated carbocycles. The van der Waals surface area contributed by atoms with Crippen LogP contribution in [0.5, 0.6) is 5.75 Å². The van der Waals surface area contributed by atoms with Crippen molar-refractivity contribution in [1.82, 2.24) is 4.90 Å². The summed E-state index contributed by atoms with van der Waals surface area (Å²) in [5.41, 5.74) is -0.159. The van der Waals surface area contributed by atoms with Gasteiger partial charge in [0.25, 0.3) is 5.91 Å². The zero-order chi connectivity index (χ0) is 16.1. The Morgan fingerprint density at radius 1 is 1.18 bits per heavy atom. The average Bonchev–Trinajstić information content (AvgIpc) is 2.49. The van der Waals surface area contributed by atoms with Gasteiger partial charge in [-0.2, -0.15) is 0 Å². The zero-order valence-corrected chi connectivity index (χ0v) is 12.6. The highest BCUT2D eigenvalue weighted by Gasteiger charge is 2.19. The molecule has 22 heavy (non-hydrogen) atoms. The monoisotopic (exact) mass is 325 g/mol. The topological polar surface area (TPSA) is 29.5 Å². The molecule has 0 unspecified atom stereocenters. The second-order valence-corrected chi connectivity index (χ2v) is 5.03. The first-order valence-corrected chi connectivity index (χ1v) is 6.94. The van der Waals surface area contributed by atoms with Gasteiger partial charge in [0.1, 0.15) is 24.0 Å². The highest BCUT2D eigenvalue weighted by Crippen LogP contribution is 2.20. The Morgan fingerprint density at radius 3 is 2.50 bits per heavy atom. The van der Waals surface area contributed by atoms with Crippen molar-refractivity contribution in [1.29, 1.82) is 0 Å². The van der Waals surface area contributed by atoms with E-state index in [4.69, 9.17) is 16.3 Å². The molecule has 0 N–H and O–H groups in total. The third-order valence-electron chi connectivity index (χ3n) is 3.03. The van der Waals surface area contributed by atoms with Crippen molar-refractivity contribution in [2.75, 3.05) is 20.2 Å². The van der Waals surface area contributed by atoms with Gasteiger partial charge in [0.05, 0.1) is 17.1 Å². The fraction of sp³-hybridized carbons (Fsp3) is 0.188. The molecule has 2 aromatic rings. The van der Waals surface area contributed by atoms with E-state index < -0.39 is 11.7 Å². The Labute approximate surface area is 132 Å². The number of rotatable bonds is 5. The maximum absolute atomic E-state index is 13.7. The van der Waals surface area contributed by atoms with Crippen LogP contribution < -0.4 is 4.74 Å². The Bertz CT molecular complexity index is 641. The van der Waals surface area contributed by atoms with Gasteiger partial charge in [-0.15, -0.1) is 0 Å². The van der Waals surface area contributed by atoms with Crippen molar-refractivity contribution in [3.05, 3.63) is 64.7 Å². The summed E-state index contributed by atoms with van der Waals surface area (Å²) in [5.74, 6) is -1.05. The summed E-state index contributed by atoms with van der Waals surface area (Å²) in [5, 5.41) is 0.0660. The first-order chi connectivity index (χ1) is 10.5. The zero-order valence-electron chi connectivity index (χ0n) is 11.9. The molecule has 2 aromatic carbocycles. The molecule has 0 aliphatic rings. The molecule has 116 valence electrons. The van der Waals surface area contributed by atoms with Gasteiger partial charge in [-0.05, 0) is 36.4 Å². The van der Waals surface area contributed by atoms with Crippen LogP contribution in [0.1, 0.15) is 10.4 Å². The van der Waals surface area contributed by atoms with Crippen molar-refractivity contribution in [2.24, 2.45) is 0 Å². The number of ether oxygens (including phenoxy) is 1. The molecule has 0 bridgehead atoms. The Kier molecular flexibility index (Phi) is 5.33. The third-order valence-corrected chi connectivity index (χ3v) is 3.35. The number of nitrogens with zero attached hydrogens (tertiary/aromatic N) is 1. The average molecular weight is 326 g/mol. The van der Waals surface area contributed by atoms with Gasteiger partial charge in [-0.1, -0.05) is 17.7 Å². The van der Waals surface area contributed by atoms with Crippen molar-refractivity contribution in [3.63, 3.8) is 0 Å². The second kappa shape index (κ2) is 7.22. The molecule has 0 atom stereocenters. The van der Waals surface area contributed by atoms with Gasteiger partial charge < -0.3 is 9.64 Å². The molecule has 0 fully saturated rings. The molecule has 1 amide bonds. The normalized spacial score (nSPS) is 10.4. The van der Waals surface area contributed by atoms with Crippen LogP contribution in [0.25, 0.3) is 0 Å². The molecule has 0 aliphatic heterocycles. The van der Waals surface area contributed by atoms with Crippen LogP contribution in [0.2, 0.25) is 5.02 Å². The molecule has 0 aliphatic carbocycles. The molecule has 2 rings (SSSR count). The van der Waals surface area contributed by atoms with Crippen molar-refractivity contribution in [3.8, 4) is 5.75 Å². The molecular weight excluding hydrogens is 312 g/mol. The number of halogens is 3. The van der Waals surface area contributed by atoms with E-state index in [0.29, 0.717) is 5.75 Å². The first-order valence-electron chi connectivity index (χ1n) is 6.57. The predicted molar refractivity (Wildman–Crippen MR) is 80.3 cm³/mol. The summed E-state index contributed by atoms with van der Waals surface area (Å²) >= 11 is 5.86. The fourth-order valence-electron chi connectivity index (χ4n) is 1.83. The summed E-state index contributed by atoms with van der Waals surface area (Å²) in [6, 6.07) is 9.62. The summed E-state index contributed by atoms with van der Waals surface area (Å²) in [6.45, 7) is 0.431. The van der Waals surface area contributed by atoms with E-state index in [-0.39, 0.29) is 29.6 Å². The minimum absolute atomic E-state index is 0.0660. The number of hydrogen-bond donors (Lipinski definition) is 0. The van der Waals surface area contributed by atoms with Crippen LogP contribution >= 0.6 is 11.6 Å². The smallest absolute Gasteiger partial charge is 0.258 e. The highest BCUT2D eigenvalue weighted by molar-refractivity contribution is 6.33. The molecule has 6 heteroatoms. The van der Waals surface area contributed by atoms with Crippen molar-refractivity contribution >= 4 is 17.5 Å². The van der Waals surface area contributed by atoms with E-state index in [1.165, 1.54) is 54.4 Å². The largest absolute Gasteiger partial charge is 0.492 e. The molecule has 0 spiro atoms. The number of amides is 1. The Morgan fingerprint density at radius 2 is 1.86 bits per heavy atom. The molecule has 0 aromatic heterocycles. The first kappa shape index (κ1) is 16.2. The van der Waals surface area contributed by atoms with E-state index >= 15 is 0 Å². The summed E-state index contributed by atoms with van der Waals surface area (Å²) in [6.07, 6.45) is 0. The minimum atomic E-state index is -0.663. The van der Waals surface area contributed by atoms with Crippen LogP contribution in [0.15, 0.2) is 42.5 Å². The number of carbonyl (C=O) groups is 1. The molecule has 0 radical (unpaired) electrons.